The second-order valence-corrected chi connectivity index (χ2v) is 5.46. The van der Waals surface area contributed by atoms with Crippen molar-refractivity contribution in [1.29, 1.82) is 0 Å². The van der Waals surface area contributed by atoms with Gasteiger partial charge in [-0.05, 0) is 24.5 Å². The number of para-hydroxylation sites is 1. The molecule has 0 aromatic heterocycles. The van der Waals surface area contributed by atoms with Crippen LogP contribution in [-0.2, 0) is 9.59 Å². The van der Waals surface area contributed by atoms with Crippen LogP contribution in [0.3, 0.4) is 0 Å². The topological polar surface area (TPSA) is 61.4 Å². The van der Waals surface area contributed by atoms with Crippen LogP contribution in [0.4, 0.5) is 5.69 Å². The van der Waals surface area contributed by atoms with Crippen LogP contribution < -0.4 is 10.6 Å². The molecular weight excluding hydrogens is 254 g/mol. The maximum absolute atomic E-state index is 12.5. The van der Waals surface area contributed by atoms with Gasteiger partial charge in [0.25, 0.3) is 0 Å². The summed E-state index contributed by atoms with van der Waals surface area (Å²) in [5.74, 6) is -0.181. The molecule has 5 heteroatoms. The van der Waals surface area contributed by atoms with Gasteiger partial charge in [0, 0.05) is 25.8 Å². The van der Waals surface area contributed by atoms with E-state index in [1.165, 1.54) is 0 Å². The van der Waals surface area contributed by atoms with Crippen molar-refractivity contribution in [3.05, 3.63) is 29.8 Å². The van der Waals surface area contributed by atoms with Crippen molar-refractivity contribution in [2.45, 2.75) is 24.8 Å². The van der Waals surface area contributed by atoms with E-state index in [-0.39, 0.29) is 23.8 Å². The summed E-state index contributed by atoms with van der Waals surface area (Å²) in [6.45, 7) is 1.50. The molecule has 2 amide bonds. The third kappa shape index (κ3) is 2.24. The number of amides is 2. The van der Waals surface area contributed by atoms with Gasteiger partial charge >= 0.3 is 0 Å². The average Bonchev–Trinajstić information content (AvgIpc) is 2.78. The zero-order valence-electron chi connectivity index (χ0n) is 11.6. The number of benzene rings is 1. The Labute approximate surface area is 118 Å². The second-order valence-electron chi connectivity index (χ2n) is 5.46. The first-order valence-electron chi connectivity index (χ1n) is 7.05. The van der Waals surface area contributed by atoms with Crippen molar-refractivity contribution in [1.82, 2.24) is 10.2 Å². The van der Waals surface area contributed by atoms with E-state index < -0.39 is 0 Å². The number of anilines is 1. The Balaban J connectivity index is 1.74. The Morgan fingerprint density at radius 2 is 2.15 bits per heavy atom. The highest BCUT2D eigenvalue weighted by molar-refractivity contribution is 5.92. The van der Waals surface area contributed by atoms with Gasteiger partial charge in [-0.2, -0.15) is 0 Å². The van der Waals surface area contributed by atoms with E-state index in [1.807, 2.05) is 24.3 Å². The first-order chi connectivity index (χ1) is 9.66. The van der Waals surface area contributed by atoms with Gasteiger partial charge in [-0.1, -0.05) is 18.2 Å². The summed E-state index contributed by atoms with van der Waals surface area (Å²) < 4.78 is 0. The molecule has 1 aromatic carbocycles. The van der Waals surface area contributed by atoms with Crippen LogP contribution in [-0.4, -0.2) is 42.9 Å². The van der Waals surface area contributed by atoms with Gasteiger partial charge in [-0.25, -0.2) is 0 Å². The Morgan fingerprint density at radius 1 is 1.35 bits per heavy atom. The fourth-order valence-corrected chi connectivity index (χ4v) is 2.97. The Bertz CT molecular complexity index is 544. The molecule has 1 fully saturated rings. The number of carbonyl (C=O) groups is 2. The smallest absolute Gasteiger partial charge is 0.244 e. The number of hydrogen-bond acceptors (Lipinski definition) is 3. The Hall–Kier alpha value is -2.04. The van der Waals surface area contributed by atoms with Crippen molar-refractivity contribution in [2.24, 2.45) is 0 Å². The molecule has 0 aliphatic carbocycles. The molecule has 1 saturated heterocycles. The molecule has 2 N–H and O–H groups in total. The van der Waals surface area contributed by atoms with Crippen LogP contribution in [0.1, 0.15) is 24.3 Å². The number of hydrogen-bond donors (Lipinski definition) is 2. The summed E-state index contributed by atoms with van der Waals surface area (Å²) in [5, 5.41) is 6.21. The summed E-state index contributed by atoms with van der Waals surface area (Å²) in [6.07, 6.45) is 1.47. The normalized spacial score (nSPS) is 25.1. The molecule has 1 aromatic rings. The van der Waals surface area contributed by atoms with Crippen LogP contribution in [0.15, 0.2) is 24.3 Å². The van der Waals surface area contributed by atoms with Crippen molar-refractivity contribution < 1.29 is 9.59 Å². The summed E-state index contributed by atoms with van der Waals surface area (Å²) >= 11 is 0. The van der Waals surface area contributed by atoms with Crippen LogP contribution in [0, 0.1) is 0 Å². The molecule has 2 unspecified atom stereocenters. The number of likely N-dealkylation sites (tertiary alicyclic amines) is 1. The van der Waals surface area contributed by atoms with Gasteiger partial charge in [-0.3, -0.25) is 9.59 Å². The van der Waals surface area contributed by atoms with Gasteiger partial charge in [0.15, 0.2) is 0 Å². The molecule has 0 radical (unpaired) electrons. The third-order valence-corrected chi connectivity index (χ3v) is 4.15. The highest BCUT2D eigenvalue weighted by Gasteiger charge is 2.33. The number of nitrogens with one attached hydrogen (secondary N) is 2. The van der Waals surface area contributed by atoms with E-state index in [0.717, 1.165) is 24.2 Å². The van der Waals surface area contributed by atoms with Gasteiger partial charge in [-0.15, -0.1) is 0 Å². The minimum atomic E-state index is -0.352. The predicted molar refractivity (Wildman–Crippen MR) is 76.5 cm³/mol. The summed E-state index contributed by atoms with van der Waals surface area (Å²) in [7, 11) is 1.77. The quantitative estimate of drug-likeness (QED) is 0.843. The minimum absolute atomic E-state index is 0.0144. The zero-order chi connectivity index (χ0) is 14.1. The molecule has 106 valence electrons. The number of nitrogens with zero attached hydrogens (tertiary/aromatic N) is 1. The second kappa shape index (κ2) is 5.15. The molecule has 2 heterocycles. The molecule has 2 aliphatic heterocycles. The minimum Gasteiger partial charge on any atom is -0.385 e. The first kappa shape index (κ1) is 13.0. The van der Waals surface area contributed by atoms with Crippen molar-refractivity contribution in [3.63, 3.8) is 0 Å². The van der Waals surface area contributed by atoms with Gasteiger partial charge in [0.05, 0.1) is 5.92 Å². The van der Waals surface area contributed by atoms with Crippen LogP contribution >= 0.6 is 0 Å². The van der Waals surface area contributed by atoms with E-state index in [1.54, 1.807) is 11.9 Å². The zero-order valence-corrected chi connectivity index (χ0v) is 11.6. The number of carbonyl (C=O) groups excluding carboxylic acids is 2. The van der Waals surface area contributed by atoms with Gasteiger partial charge in [0.2, 0.25) is 11.8 Å². The lowest BCUT2D eigenvalue weighted by Crippen LogP contribution is -2.43. The molecule has 20 heavy (non-hydrogen) atoms. The molecule has 0 spiro atoms. The van der Waals surface area contributed by atoms with Gasteiger partial charge < -0.3 is 15.5 Å². The molecule has 5 nitrogen and oxygen atoms in total. The lowest BCUT2D eigenvalue weighted by Gasteiger charge is -2.26. The monoisotopic (exact) mass is 273 g/mol. The molecule has 2 atom stereocenters. The van der Waals surface area contributed by atoms with Crippen LogP contribution in [0.25, 0.3) is 0 Å². The number of fused-ring (bicyclic) bond motifs is 1. The SMILES string of the molecule is CN1CCC(NC(=O)C2CCNc3ccccc32)C1=O. The summed E-state index contributed by atoms with van der Waals surface area (Å²) in [5.41, 5.74) is 2.05. The standard InChI is InChI=1S/C15H19N3O2/c1-18-9-7-13(15(18)20)17-14(19)11-6-8-16-12-5-3-2-4-10(11)12/h2-5,11,13,16H,6-9H2,1H3,(H,17,19). The molecule has 2 aliphatic rings. The molecule has 3 rings (SSSR count). The van der Waals surface area contributed by atoms with E-state index in [4.69, 9.17) is 0 Å². The average molecular weight is 273 g/mol. The predicted octanol–water partition coefficient (Wildman–Crippen LogP) is 0.933. The molecule has 0 bridgehead atoms. The maximum Gasteiger partial charge on any atom is 0.244 e. The highest BCUT2D eigenvalue weighted by atomic mass is 16.2. The lowest BCUT2D eigenvalue weighted by molar-refractivity contribution is -0.132. The van der Waals surface area contributed by atoms with Crippen molar-refractivity contribution in [2.75, 3.05) is 25.5 Å². The highest BCUT2D eigenvalue weighted by Crippen LogP contribution is 2.31. The first-order valence-corrected chi connectivity index (χ1v) is 7.05. The summed E-state index contributed by atoms with van der Waals surface area (Å²) in [6, 6.07) is 7.52. The number of likely N-dealkylation sites (N-methyl/N-ethyl adjacent to an activating group) is 1. The van der Waals surface area contributed by atoms with Crippen molar-refractivity contribution >= 4 is 17.5 Å². The summed E-state index contributed by atoms with van der Waals surface area (Å²) in [4.78, 5) is 26.0. The van der Waals surface area contributed by atoms with Crippen LogP contribution in [0.2, 0.25) is 0 Å². The van der Waals surface area contributed by atoms with Gasteiger partial charge in [0.1, 0.15) is 6.04 Å². The van der Waals surface area contributed by atoms with E-state index in [2.05, 4.69) is 10.6 Å². The van der Waals surface area contributed by atoms with E-state index in [0.29, 0.717) is 13.0 Å². The van der Waals surface area contributed by atoms with Crippen LogP contribution in [0.5, 0.6) is 0 Å². The fraction of sp³-hybridized carbons (Fsp3) is 0.467. The lowest BCUT2D eigenvalue weighted by atomic mass is 9.90. The van der Waals surface area contributed by atoms with E-state index >= 15 is 0 Å². The Morgan fingerprint density at radius 3 is 2.90 bits per heavy atom. The Kier molecular flexibility index (Phi) is 3.34. The molecular formula is C15H19N3O2. The molecule has 0 saturated carbocycles. The number of rotatable bonds is 2. The van der Waals surface area contributed by atoms with E-state index in [9.17, 15) is 9.59 Å². The third-order valence-electron chi connectivity index (χ3n) is 4.15. The largest absolute Gasteiger partial charge is 0.385 e. The van der Waals surface area contributed by atoms with Crippen molar-refractivity contribution in [3.8, 4) is 0 Å². The maximum atomic E-state index is 12.5. The fourth-order valence-electron chi connectivity index (χ4n) is 2.97.